The van der Waals surface area contributed by atoms with Crippen molar-refractivity contribution in [3.63, 3.8) is 0 Å². The fourth-order valence-corrected chi connectivity index (χ4v) is 2.51. The van der Waals surface area contributed by atoms with Gasteiger partial charge >= 0.3 is 6.03 Å². The van der Waals surface area contributed by atoms with Crippen LogP contribution in [0, 0.1) is 11.6 Å². The monoisotopic (exact) mass is 312 g/mol. The molecule has 22 heavy (non-hydrogen) atoms. The van der Waals surface area contributed by atoms with Crippen molar-refractivity contribution in [1.82, 2.24) is 10.6 Å². The quantitative estimate of drug-likeness (QED) is 0.848. The number of rotatable bonds is 6. The lowest BCUT2D eigenvalue weighted by Crippen LogP contribution is -2.40. The first-order valence-corrected chi connectivity index (χ1v) is 7.64. The molecule has 0 bridgehead atoms. The molecule has 0 radical (unpaired) electrons. The van der Waals surface area contributed by atoms with Gasteiger partial charge in [0.1, 0.15) is 11.6 Å². The number of benzene rings is 1. The molecule has 1 aromatic rings. The van der Waals surface area contributed by atoms with Gasteiger partial charge < -0.3 is 15.4 Å². The highest BCUT2D eigenvalue weighted by molar-refractivity contribution is 5.74. The van der Waals surface area contributed by atoms with Gasteiger partial charge in [0.2, 0.25) is 0 Å². The van der Waals surface area contributed by atoms with Gasteiger partial charge in [-0.05, 0) is 50.8 Å². The zero-order valence-electron chi connectivity index (χ0n) is 12.7. The fourth-order valence-electron chi connectivity index (χ4n) is 2.51. The standard InChI is InChI=1S/C16H22F2N2O2/c1-11(4-6-14-3-2-8-22-14)20-16(21)19-10-12-9-13(17)5-7-15(12)18/h5,7,9,11,14H,2-4,6,8,10H2,1H3,(H2,19,20,21)/t11-,14+/m1/s1. The van der Waals surface area contributed by atoms with Crippen LogP contribution in [0.3, 0.4) is 0 Å². The second kappa shape index (κ2) is 8.08. The Morgan fingerprint density at radius 2 is 2.27 bits per heavy atom. The van der Waals surface area contributed by atoms with Gasteiger partial charge in [-0.25, -0.2) is 13.6 Å². The number of carbonyl (C=O) groups is 1. The van der Waals surface area contributed by atoms with Gasteiger partial charge in [-0.15, -0.1) is 0 Å². The van der Waals surface area contributed by atoms with E-state index in [2.05, 4.69) is 10.6 Å². The lowest BCUT2D eigenvalue weighted by atomic mass is 10.1. The molecule has 4 nitrogen and oxygen atoms in total. The average molecular weight is 312 g/mol. The number of hydrogen-bond donors (Lipinski definition) is 2. The number of urea groups is 1. The second-order valence-corrected chi connectivity index (χ2v) is 5.68. The van der Waals surface area contributed by atoms with Crippen molar-refractivity contribution in [2.75, 3.05) is 6.61 Å². The van der Waals surface area contributed by atoms with Gasteiger partial charge in [-0.1, -0.05) is 0 Å². The van der Waals surface area contributed by atoms with Crippen molar-refractivity contribution >= 4 is 6.03 Å². The van der Waals surface area contributed by atoms with Crippen molar-refractivity contribution in [2.45, 2.75) is 51.3 Å². The van der Waals surface area contributed by atoms with Crippen molar-refractivity contribution in [1.29, 1.82) is 0 Å². The van der Waals surface area contributed by atoms with Crippen LogP contribution in [0.15, 0.2) is 18.2 Å². The summed E-state index contributed by atoms with van der Waals surface area (Å²) in [5, 5.41) is 5.32. The summed E-state index contributed by atoms with van der Waals surface area (Å²) in [6, 6.07) is 2.79. The molecule has 1 aliphatic rings. The lowest BCUT2D eigenvalue weighted by molar-refractivity contribution is 0.100. The highest BCUT2D eigenvalue weighted by Gasteiger charge is 2.17. The molecule has 0 aliphatic carbocycles. The summed E-state index contributed by atoms with van der Waals surface area (Å²) in [6.45, 7) is 2.69. The molecule has 6 heteroatoms. The zero-order chi connectivity index (χ0) is 15.9. The van der Waals surface area contributed by atoms with E-state index in [0.29, 0.717) is 6.10 Å². The van der Waals surface area contributed by atoms with E-state index in [1.54, 1.807) is 0 Å². The van der Waals surface area contributed by atoms with Crippen LogP contribution in [0.5, 0.6) is 0 Å². The van der Waals surface area contributed by atoms with Crippen LogP contribution >= 0.6 is 0 Å². The van der Waals surface area contributed by atoms with Crippen molar-refractivity contribution in [3.8, 4) is 0 Å². The van der Waals surface area contributed by atoms with Crippen LogP contribution in [-0.4, -0.2) is 24.8 Å². The number of amides is 2. The Bertz CT molecular complexity index is 505. The van der Waals surface area contributed by atoms with E-state index in [9.17, 15) is 13.6 Å². The highest BCUT2D eigenvalue weighted by Crippen LogP contribution is 2.17. The van der Waals surface area contributed by atoms with Crippen LogP contribution in [0.1, 0.15) is 38.2 Å². The van der Waals surface area contributed by atoms with E-state index in [4.69, 9.17) is 4.74 Å². The summed E-state index contributed by atoms with van der Waals surface area (Å²) in [6.07, 6.45) is 4.23. The van der Waals surface area contributed by atoms with Gasteiger partial charge in [0.05, 0.1) is 6.10 Å². The number of hydrogen-bond acceptors (Lipinski definition) is 2. The molecule has 0 spiro atoms. The molecule has 122 valence electrons. The first-order valence-electron chi connectivity index (χ1n) is 7.64. The summed E-state index contributed by atoms with van der Waals surface area (Å²) < 4.78 is 32.0. The summed E-state index contributed by atoms with van der Waals surface area (Å²) in [7, 11) is 0. The smallest absolute Gasteiger partial charge is 0.315 e. The Balaban J connectivity index is 1.69. The molecule has 0 saturated carbocycles. The van der Waals surface area contributed by atoms with E-state index < -0.39 is 11.6 Å². The van der Waals surface area contributed by atoms with Crippen LogP contribution in [0.2, 0.25) is 0 Å². The maximum absolute atomic E-state index is 13.4. The molecule has 2 N–H and O–H groups in total. The predicted molar refractivity (Wildman–Crippen MR) is 79.4 cm³/mol. The predicted octanol–water partition coefficient (Wildman–Crippen LogP) is 3.11. The topological polar surface area (TPSA) is 50.4 Å². The third-order valence-electron chi connectivity index (χ3n) is 3.77. The molecule has 2 atom stereocenters. The molecule has 1 fully saturated rings. The third-order valence-corrected chi connectivity index (χ3v) is 3.77. The van der Waals surface area contributed by atoms with Crippen LogP contribution in [0.25, 0.3) is 0 Å². The molecule has 2 rings (SSSR count). The van der Waals surface area contributed by atoms with Gasteiger partial charge in [-0.2, -0.15) is 0 Å². The van der Waals surface area contributed by atoms with E-state index in [-0.39, 0.29) is 24.2 Å². The Labute approximate surface area is 129 Å². The normalized spacial score (nSPS) is 19.0. The third kappa shape index (κ3) is 5.26. The molecule has 1 aromatic carbocycles. The Morgan fingerprint density at radius 1 is 1.45 bits per heavy atom. The summed E-state index contributed by atoms with van der Waals surface area (Å²) in [4.78, 5) is 11.7. The lowest BCUT2D eigenvalue weighted by Gasteiger charge is -2.17. The average Bonchev–Trinajstić information content (AvgIpc) is 2.99. The van der Waals surface area contributed by atoms with E-state index in [0.717, 1.165) is 50.5 Å². The van der Waals surface area contributed by atoms with E-state index in [1.165, 1.54) is 0 Å². The van der Waals surface area contributed by atoms with Crippen molar-refractivity contribution in [3.05, 3.63) is 35.4 Å². The van der Waals surface area contributed by atoms with Crippen molar-refractivity contribution in [2.24, 2.45) is 0 Å². The maximum Gasteiger partial charge on any atom is 0.315 e. The molecule has 1 aliphatic heterocycles. The SMILES string of the molecule is C[C@H](CC[C@@H]1CCCO1)NC(=O)NCc1cc(F)ccc1F. The first-order chi connectivity index (χ1) is 10.5. The minimum Gasteiger partial charge on any atom is -0.378 e. The number of carbonyl (C=O) groups excluding carboxylic acids is 1. The van der Waals surface area contributed by atoms with Crippen LogP contribution < -0.4 is 10.6 Å². The van der Waals surface area contributed by atoms with Crippen LogP contribution in [0.4, 0.5) is 13.6 Å². The van der Waals surface area contributed by atoms with Crippen molar-refractivity contribution < 1.29 is 18.3 Å². The Morgan fingerprint density at radius 3 is 3.00 bits per heavy atom. The molecule has 1 heterocycles. The molecule has 0 unspecified atom stereocenters. The molecular formula is C16H22F2N2O2. The Hall–Kier alpha value is -1.69. The van der Waals surface area contributed by atoms with Gasteiger partial charge in [0, 0.05) is 24.8 Å². The molecule has 1 saturated heterocycles. The minimum absolute atomic E-state index is 0.00144. The Kier molecular flexibility index (Phi) is 6.12. The number of halogens is 2. The van der Waals surface area contributed by atoms with Gasteiger partial charge in [0.15, 0.2) is 0 Å². The summed E-state index contributed by atoms with van der Waals surface area (Å²) >= 11 is 0. The first kappa shape index (κ1) is 16.7. The fraction of sp³-hybridized carbons (Fsp3) is 0.562. The molecule has 2 amide bonds. The molecular weight excluding hydrogens is 290 g/mol. The second-order valence-electron chi connectivity index (χ2n) is 5.68. The minimum atomic E-state index is -0.534. The number of ether oxygens (including phenoxy) is 1. The maximum atomic E-state index is 13.4. The zero-order valence-corrected chi connectivity index (χ0v) is 12.7. The highest BCUT2D eigenvalue weighted by atomic mass is 19.1. The van der Waals surface area contributed by atoms with Crippen LogP contribution in [-0.2, 0) is 11.3 Å². The van der Waals surface area contributed by atoms with Gasteiger partial charge in [0.25, 0.3) is 0 Å². The van der Waals surface area contributed by atoms with E-state index >= 15 is 0 Å². The van der Waals surface area contributed by atoms with E-state index in [1.807, 2.05) is 6.92 Å². The summed E-state index contributed by atoms with van der Waals surface area (Å²) in [5.74, 6) is -1.06. The number of nitrogens with one attached hydrogen (secondary N) is 2. The largest absolute Gasteiger partial charge is 0.378 e. The summed E-state index contributed by atoms with van der Waals surface area (Å²) in [5.41, 5.74) is 0.127. The molecule has 0 aromatic heterocycles. The van der Waals surface area contributed by atoms with Gasteiger partial charge in [-0.3, -0.25) is 0 Å².